The highest BCUT2D eigenvalue weighted by molar-refractivity contribution is 7.99. The van der Waals surface area contributed by atoms with Crippen LogP contribution in [-0.4, -0.2) is 27.3 Å². The van der Waals surface area contributed by atoms with Crippen LogP contribution in [0.1, 0.15) is 30.0 Å². The number of fused-ring (bicyclic) bond motifs is 1. The van der Waals surface area contributed by atoms with E-state index in [2.05, 4.69) is 17.4 Å². The molecule has 33 heavy (non-hydrogen) atoms. The maximum absolute atomic E-state index is 13.3. The van der Waals surface area contributed by atoms with Crippen molar-refractivity contribution in [2.24, 2.45) is 0 Å². The van der Waals surface area contributed by atoms with Gasteiger partial charge in [-0.05, 0) is 73.9 Å². The smallest absolute Gasteiger partial charge is 0.276 e. The Kier molecular flexibility index (Phi) is 7.30. The molecular weight excluding hydrogens is 450 g/mol. The van der Waals surface area contributed by atoms with Gasteiger partial charge >= 0.3 is 0 Å². The third-order valence-corrected chi connectivity index (χ3v) is 7.48. The molecule has 1 N–H and O–H groups in total. The van der Waals surface area contributed by atoms with Crippen molar-refractivity contribution in [2.45, 2.75) is 44.8 Å². The second kappa shape index (κ2) is 10.4. The highest BCUT2D eigenvalue weighted by Crippen LogP contribution is 2.24. The molecule has 170 valence electrons. The number of hydrogen-bond donors (Lipinski definition) is 1. The van der Waals surface area contributed by atoms with Crippen molar-refractivity contribution in [2.75, 3.05) is 5.75 Å². The number of benzene rings is 2. The first-order valence-electron chi connectivity index (χ1n) is 11.0. The van der Waals surface area contributed by atoms with Gasteiger partial charge in [0.2, 0.25) is 5.91 Å². The lowest BCUT2D eigenvalue weighted by Gasteiger charge is -2.15. The highest BCUT2D eigenvalue weighted by Gasteiger charge is 2.17. The number of carbonyl (C=O) groups excluding carboxylic acids is 1. The molecule has 0 bridgehead atoms. The van der Waals surface area contributed by atoms with Crippen LogP contribution in [0.5, 0.6) is 0 Å². The fourth-order valence-electron chi connectivity index (χ4n) is 3.63. The third-order valence-electron chi connectivity index (χ3n) is 5.65. The second-order valence-electron chi connectivity index (χ2n) is 8.22. The van der Waals surface area contributed by atoms with Gasteiger partial charge in [-0.3, -0.25) is 14.2 Å². The van der Waals surface area contributed by atoms with Gasteiger partial charge in [-0.1, -0.05) is 48.2 Å². The van der Waals surface area contributed by atoms with E-state index >= 15 is 0 Å². The van der Waals surface area contributed by atoms with E-state index in [1.807, 2.05) is 68.6 Å². The van der Waals surface area contributed by atoms with Gasteiger partial charge in [-0.15, -0.1) is 11.3 Å². The number of hydrogen-bond acceptors (Lipinski definition) is 5. The summed E-state index contributed by atoms with van der Waals surface area (Å²) in [4.78, 5) is 30.6. The zero-order valence-electron chi connectivity index (χ0n) is 19.0. The SMILES string of the molecule is Cc1ccc(-n2c(SCC(=O)NC(C)CCc3ccccc3)nc3ccsc3c2=O)cc1C. The molecule has 1 unspecified atom stereocenters. The average molecular weight is 478 g/mol. The number of aryl methyl sites for hydroxylation is 3. The summed E-state index contributed by atoms with van der Waals surface area (Å²) in [6.07, 6.45) is 1.78. The van der Waals surface area contributed by atoms with E-state index in [-0.39, 0.29) is 23.3 Å². The molecule has 0 spiro atoms. The van der Waals surface area contributed by atoms with Gasteiger partial charge in [0.05, 0.1) is 17.0 Å². The Hall–Kier alpha value is -2.90. The predicted molar refractivity (Wildman–Crippen MR) is 138 cm³/mol. The summed E-state index contributed by atoms with van der Waals surface area (Å²) in [5, 5.41) is 5.47. The van der Waals surface area contributed by atoms with Crippen LogP contribution in [-0.2, 0) is 11.2 Å². The first kappa shape index (κ1) is 23.3. The molecule has 2 aromatic carbocycles. The van der Waals surface area contributed by atoms with Crippen LogP contribution in [0.3, 0.4) is 0 Å². The topological polar surface area (TPSA) is 64.0 Å². The van der Waals surface area contributed by atoms with Crippen LogP contribution in [0.2, 0.25) is 0 Å². The number of rotatable bonds is 8. The summed E-state index contributed by atoms with van der Waals surface area (Å²) < 4.78 is 2.25. The molecule has 0 aliphatic carbocycles. The molecule has 0 saturated carbocycles. The van der Waals surface area contributed by atoms with Crippen molar-refractivity contribution in [1.29, 1.82) is 0 Å². The minimum absolute atomic E-state index is 0.0626. The Balaban J connectivity index is 1.49. The van der Waals surface area contributed by atoms with E-state index in [0.717, 1.165) is 29.7 Å². The number of thioether (sulfide) groups is 1. The quantitative estimate of drug-likeness (QED) is 0.277. The summed E-state index contributed by atoms with van der Waals surface area (Å²) in [7, 11) is 0. The Morgan fingerprint density at radius 2 is 1.91 bits per heavy atom. The maximum atomic E-state index is 13.3. The summed E-state index contributed by atoms with van der Waals surface area (Å²) in [6, 6.07) is 18.1. The second-order valence-corrected chi connectivity index (χ2v) is 10.1. The Labute approximate surface area is 201 Å². The molecule has 2 heterocycles. The molecule has 1 amide bonds. The third kappa shape index (κ3) is 5.54. The van der Waals surface area contributed by atoms with Crippen LogP contribution in [0.15, 0.2) is 69.9 Å². The lowest BCUT2D eigenvalue weighted by atomic mass is 10.1. The number of aromatic nitrogens is 2. The average Bonchev–Trinajstić information content (AvgIpc) is 3.28. The maximum Gasteiger partial charge on any atom is 0.276 e. The minimum Gasteiger partial charge on any atom is -0.353 e. The molecule has 7 heteroatoms. The predicted octanol–water partition coefficient (Wildman–Crippen LogP) is 5.29. The minimum atomic E-state index is -0.0996. The molecule has 2 aromatic heterocycles. The zero-order chi connectivity index (χ0) is 23.4. The van der Waals surface area contributed by atoms with E-state index in [4.69, 9.17) is 4.98 Å². The number of carbonyl (C=O) groups is 1. The van der Waals surface area contributed by atoms with Gasteiger partial charge < -0.3 is 5.32 Å². The van der Waals surface area contributed by atoms with Crippen LogP contribution >= 0.6 is 23.1 Å². The molecule has 0 radical (unpaired) electrons. The van der Waals surface area contributed by atoms with E-state index < -0.39 is 0 Å². The van der Waals surface area contributed by atoms with E-state index in [1.165, 1.54) is 28.7 Å². The van der Waals surface area contributed by atoms with Gasteiger partial charge in [0, 0.05) is 6.04 Å². The first-order valence-corrected chi connectivity index (χ1v) is 12.8. The van der Waals surface area contributed by atoms with Gasteiger partial charge in [0.1, 0.15) is 4.70 Å². The number of nitrogens with zero attached hydrogens (tertiary/aromatic N) is 2. The highest BCUT2D eigenvalue weighted by atomic mass is 32.2. The van der Waals surface area contributed by atoms with Gasteiger partial charge in [-0.2, -0.15) is 0 Å². The largest absolute Gasteiger partial charge is 0.353 e. The van der Waals surface area contributed by atoms with Crippen molar-refractivity contribution in [3.63, 3.8) is 0 Å². The normalized spacial score (nSPS) is 12.1. The summed E-state index contributed by atoms with van der Waals surface area (Å²) in [5.74, 6) is 0.134. The van der Waals surface area contributed by atoms with Crippen LogP contribution < -0.4 is 10.9 Å². The molecular formula is C26H27N3O2S2. The van der Waals surface area contributed by atoms with E-state index in [9.17, 15) is 9.59 Å². The first-order chi connectivity index (χ1) is 15.9. The lowest BCUT2D eigenvalue weighted by Crippen LogP contribution is -2.34. The van der Waals surface area contributed by atoms with Crippen molar-refractivity contribution in [3.05, 3.63) is 87.0 Å². The summed E-state index contributed by atoms with van der Waals surface area (Å²) >= 11 is 2.68. The fraction of sp³-hybridized carbons (Fsp3) is 0.269. The van der Waals surface area contributed by atoms with Crippen molar-refractivity contribution in [3.8, 4) is 5.69 Å². The zero-order valence-corrected chi connectivity index (χ0v) is 20.6. The molecule has 0 fully saturated rings. The summed E-state index contributed by atoms with van der Waals surface area (Å²) in [6.45, 7) is 6.09. The van der Waals surface area contributed by atoms with Crippen molar-refractivity contribution < 1.29 is 4.79 Å². The standard InChI is InChI=1S/C26H27N3O2S2/c1-17-9-12-21(15-18(17)2)29-25(31)24-22(13-14-32-24)28-26(29)33-16-23(30)27-19(3)10-11-20-7-5-4-6-8-20/h4-9,12-15,19H,10-11,16H2,1-3H3,(H,27,30). The number of amides is 1. The van der Waals surface area contributed by atoms with Gasteiger partial charge in [0.25, 0.3) is 5.56 Å². The van der Waals surface area contributed by atoms with Crippen molar-refractivity contribution in [1.82, 2.24) is 14.9 Å². The number of nitrogens with one attached hydrogen (secondary N) is 1. The molecule has 4 aromatic rings. The number of thiophene rings is 1. The molecule has 5 nitrogen and oxygen atoms in total. The lowest BCUT2D eigenvalue weighted by molar-refractivity contribution is -0.119. The Bertz CT molecular complexity index is 1330. The summed E-state index contributed by atoms with van der Waals surface area (Å²) in [5.41, 5.74) is 4.87. The molecule has 0 aliphatic heterocycles. The monoisotopic (exact) mass is 477 g/mol. The molecule has 4 rings (SSSR count). The Morgan fingerprint density at radius 3 is 2.67 bits per heavy atom. The van der Waals surface area contributed by atoms with E-state index in [0.29, 0.717) is 15.4 Å². The van der Waals surface area contributed by atoms with Crippen molar-refractivity contribution >= 4 is 39.2 Å². The van der Waals surface area contributed by atoms with E-state index in [1.54, 1.807) is 4.57 Å². The molecule has 0 saturated heterocycles. The van der Waals surface area contributed by atoms with Crippen LogP contribution in [0.4, 0.5) is 0 Å². The fourth-order valence-corrected chi connectivity index (χ4v) is 5.21. The molecule has 0 aliphatic rings. The van der Waals surface area contributed by atoms with Crippen LogP contribution in [0, 0.1) is 13.8 Å². The van der Waals surface area contributed by atoms with Gasteiger partial charge in [0.15, 0.2) is 5.16 Å². The Morgan fingerprint density at radius 1 is 1.12 bits per heavy atom. The molecule has 1 atom stereocenters. The van der Waals surface area contributed by atoms with Gasteiger partial charge in [-0.25, -0.2) is 4.98 Å². The van der Waals surface area contributed by atoms with Crippen LogP contribution in [0.25, 0.3) is 15.9 Å².